The Morgan fingerprint density at radius 3 is 2.11 bits per heavy atom. The molecule has 0 atom stereocenters. The van der Waals surface area contributed by atoms with Crippen molar-refractivity contribution in [3.05, 3.63) is 34.9 Å². The van der Waals surface area contributed by atoms with Crippen molar-refractivity contribution in [2.24, 2.45) is 0 Å². The molecule has 10 heteroatoms. The molecule has 0 bridgehead atoms. The van der Waals surface area contributed by atoms with Crippen LogP contribution in [-0.2, 0) is 4.79 Å². The van der Waals surface area contributed by atoms with Gasteiger partial charge in [0.25, 0.3) is 17.7 Å². The highest BCUT2D eigenvalue weighted by atomic mass is 19.4. The number of amides is 4. The van der Waals surface area contributed by atoms with Crippen LogP contribution in [0.3, 0.4) is 0 Å². The molecule has 0 aromatic heterocycles. The maximum absolute atomic E-state index is 12.5. The fourth-order valence-corrected chi connectivity index (χ4v) is 2.69. The van der Waals surface area contributed by atoms with Crippen molar-refractivity contribution in [3.63, 3.8) is 0 Å². The topological polar surface area (TPSA) is 95.6 Å². The molecule has 152 valence electrons. The second kappa shape index (κ2) is 7.61. The van der Waals surface area contributed by atoms with Crippen LogP contribution in [0.1, 0.15) is 58.3 Å². The van der Waals surface area contributed by atoms with E-state index in [0.717, 1.165) is 4.90 Å². The molecular formula is C18H20F3N3O4. The van der Waals surface area contributed by atoms with Crippen LogP contribution in [0.25, 0.3) is 0 Å². The quantitative estimate of drug-likeness (QED) is 0.584. The van der Waals surface area contributed by atoms with Crippen LogP contribution in [0.5, 0.6) is 0 Å². The third-order valence-electron chi connectivity index (χ3n) is 4.00. The Kier molecular flexibility index (Phi) is 5.81. The Hall–Kier alpha value is -2.91. The van der Waals surface area contributed by atoms with Crippen molar-refractivity contribution >= 4 is 23.6 Å². The highest BCUT2D eigenvalue weighted by Gasteiger charge is 2.42. The Balaban J connectivity index is 1.95. The monoisotopic (exact) mass is 399 g/mol. The van der Waals surface area contributed by atoms with E-state index in [0.29, 0.717) is 0 Å². The molecule has 1 aliphatic heterocycles. The summed E-state index contributed by atoms with van der Waals surface area (Å²) in [7, 11) is 0. The van der Waals surface area contributed by atoms with Crippen LogP contribution < -0.4 is 10.6 Å². The Bertz CT molecular complexity index is 828. The van der Waals surface area contributed by atoms with Gasteiger partial charge < -0.3 is 10.6 Å². The molecule has 1 aromatic carbocycles. The fraction of sp³-hybridized carbons (Fsp3) is 0.444. The molecule has 4 amide bonds. The molecule has 28 heavy (non-hydrogen) atoms. The maximum Gasteiger partial charge on any atom is 0.471 e. The lowest BCUT2D eigenvalue weighted by Crippen LogP contribution is -2.45. The molecule has 1 heterocycles. The number of rotatable bonds is 5. The van der Waals surface area contributed by atoms with Crippen LogP contribution >= 0.6 is 0 Å². The van der Waals surface area contributed by atoms with Gasteiger partial charge in [0.1, 0.15) is 0 Å². The van der Waals surface area contributed by atoms with Gasteiger partial charge in [0, 0.05) is 24.2 Å². The summed E-state index contributed by atoms with van der Waals surface area (Å²) in [6, 6.07) is 4.12. The van der Waals surface area contributed by atoms with Crippen molar-refractivity contribution < 1.29 is 32.3 Å². The minimum absolute atomic E-state index is 0.0229. The third-order valence-corrected chi connectivity index (χ3v) is 4.00. The maximum atomic E-state index is 12.5. The van der Waals surface area contributed by atoms with Gasteiger partial charge in [-0.2, -0.15) is 13.2 Å². The molecule has 0 unspecified atom stereocenters. The molecule has 0 radical (unpaired) electrons. The van der Waals surface area contributed by atoms with Gasteiger partial charge in [-0.15, -0.1) is 0 Å². The number of fused-ring (bicyclic) bond motifs is 1. The van der Waals surface area contributed by atoms with E-state index in [1.54, 1.807) is 26.1 Å². The smallest absolute Gasteiger partial charge is 0.352 e. The lowest BCUT2D eigenvalue weighted by molar-refractivity contribution is -0.173. The standard InChI is InChI=1S/C18H20F3N3O4/c1-17(2,3)24-14(26)11-6-5-10(9-12(11)15(24)27)13(25)22-7-4-8-23-16(28)18(19,20)21/h5-6,9H,4,7-8H2,1-3H3,(H,22,25)(H,23,28). The van der Waals surface area contributed by atoms with Crippen LogP contribution in [0.2, 0.25) is 0 Å². The summed E-state index contributed by atoms with van der Waals surface area (Å²) in [4.78, 5) is 48.9. The number of benzene rings is 1. The van der Waals surface area contributed by atoms with E-state index in [9.17, 15) is 32.3 Å². The number of carbonyl (C=O) groups is 4. The Morgan fingerprint density at radius 2 is 1.54 bits per heavy atom. The number of hydrogen-bond donors (Lipinski definition) is 2. The first-order chi connectivity index (χ1) is 12.8. The zero-order valence-corrected chi connectivity index (χ0v) is 15.6. The molecule has 2 rings (SSSR count). The van der Waals surface area contributed by atoms with Crippen LogP contribution in [0, 0.1) is 0 Å². The van der Waals surface area contributed by atoms with Crippen molar-refractivity contribution in [1.82, 2.24) is 15.5 Å². The number of nitrogens with one attached hydrogen (secondary N) is 2. The van der Waals surface area contributed by atoms with Gasteiger partial charge in [-0.05, 0) is 45.4 Å². The Labute approximate surface area is 159 Å². The van der Waals surface area contributed by atoms with Crippen molar-refractivity contribution in [2.75, 3.05) is 13.1 Å². The average molecular weight is 399 g/mol. The fourth-order valence-electron chi connectivity index (χ4n) is 2.69. The number of alkyl halides is 3. The first-order valence-corrected chi connectivity index (χ1v) is 8.50. The van der Waals surface area contributed by atoms with Gasteiger partial charge in [-0.3, -0.25) is 24.1 Å². The van der Waals surface area contributed by atoms with Gasteiger partial charge >= 0.3 is 12.1 Å². The van der Waals surface area contributed by atoms with Crippen molar-refractivity contribution in [2.45, 2.75) is 38.9 Å². The van der Waals surface area contributed by atoms with E-state index in [1.807, 2.05) is 0 Å². The van der Waals surface area contributed by atoms with E-state index in [1.165, 1.54) is 18.2 Å². The zero-order valence-electron chi connectivity index (χ0n) is 15.6. The molecule has 0 saturated carbocycles. The molecule has 0 saturated heterocycles. The van der Waals surface area contributed by atoms with Gasteiger partial charge in [0.15, 0.2) is 0 Å². The number of hydrogen-bond acceptors (Lipinski definition) is 4. The lowest BCUT2D eigenvalue weighted by atomic mass is 10.1. The second-order valence-corrected chi connectivity index (χ2v) is 7.24. The molecule has 0 spiro atoms. The minimum Gasteiger partial charge on any atom is -0.352 e. The third kappa shape index (κ3) is 4.49. The molecule has 0 aliphatic carbocycles. The summed E-state index contributed by atoms with van der Waals surface area (Å²) in [5.41, 5.74) is -0.220. The molecule has 7 nitrogen and oxygen atoms in total. The van der Waals surface area contributed by atoms with E-state index in [2.05, 4.69) is 5.32 Å². The zero-order chi connectivity index (χ0) is 21.3. The second-order valence-electron chi connectivity index (χ2n) is 7.24. The summed E-state index contributed by atoms with van der Waals surface area (Å²) in [5, 5.41) is 4.19. The van der Waals surface area contributed by atoms with E-state index >= 15 is 0 Å². The summed E-state index contributed by atoms with van der Waals surface area (Å²) >= 11 is 0. The minimum atomic E-state index is -4.95. The molecule has 2 N–H and O–H groups in total. The predicted molar refractivity (Wildman–Crippen MR) is 92.7 cm³/mol. The van der Waals surface area contributed by atoms with Crippen molar-refractivity contribution in [3.8, 4) is 0 Å². The van der Waals surface area contributed by atoms with Crippen LogP contribution in [-0.4, -0.2) is 53.3 Å². The van der Waals surface area contributed by atoms with Gasteiger partial charge in [-0.25, -0.2) is 0 Å². The lowest BCUT2D eigenvalue weighted by Gasteiger charge is -2.29. The van der Waals surface area contributed by atoms with Crippen molar-refractivity contribution in [1.29, 1.82) is 0 Å². The normalized spacial score (nSPS) is 14.1. The molecule has 1 aliphatic rings. The highest BCUT2D eigenvalue weighted by molar-refractivity contribution is 6.22. The summed E-state index contributed by atoms with van der Waals surface area (Å²) in [6.07, 6.45) is -4.85. The first-order valence-electron chi connectivity index (χ1n) is 8.50. The summed E-state index contributed by atoms with van der Waals surface area (Å²) in [6.45, 7) is 4.94. The average Bonchev–Trinajstić information content (AvgIpc) is 2.83. The van der Waals surface area contributed by atoms with Gasteiger partial charge in [0.2, 0.25) is 0 Å². The number of nitrogens with zero attached hydrogens (tertiary/aromatic N) is 1. The van der Waals surface area contributed by atoms with E-state index in [-0.39, 0.29) is 36.2 Å². The predicted octanol–water partition coefficient (Wildman–Crippen LogP) is 1.88. The van der Waals surface area contributed by atoms with E-state index < -0.39 is 35.3 Å². The van der Waals surface area contributed by atoms with Crippen LogP contribution in [0.4, 0.5) is 13.2 Å². The largest absolute Gasteiger partial charge is 0.471 e. The SMILES string of the molecule is CC(C)(C)N1C(=O)c2ccc(C(=O)NCCCNC(=O)C(F)(F)F)cc2C1=O. The van der Waals surface area contributed by atoms with Gasteiger partial charge in [-0.1, -0.05) is 0 Å². The van der Waals surface area contributed by atoms with E-state index in [4.69, 9.17) is 0 Å². The number of halogens is 3. The van der Waals surface area contributed by atoms with Gasteiger partial charge in [0.05, 0.1) is 11.1 Å². The molecule has 0 fully saturated rings. The molecular weight excluding hydrogens is 379 g/mol. The van der Waals surface area contributed by atoms with Crippen LogP contribution in [0.15, 0.2) is 18.2 Å². The molecule has 1 aromatic rings. The summed E-state index contributed by atoms with van der Waals surface area (Å²) < 4.78 is 36.1. The number of carbonyl (C=O) groups excluding carboxylic acids is 4. The Morgan fingerprint density at radius 1 is 0.964 bits per heavy atom. The number of imide groups is 1. The highest BCUT2D eigenvalue weighted by Crippen LogP contribution is 2.29. The summed E-state index contributed by atoms with van der Waals surface area (Å²) in [5.74, 6) is -3.50. The first kappa shape index (κ1) is 21.4.